The van der Waals surface area contributed by atoms with Crippen molar-refractivity contribution in [1.29, 1.82) is 0 Å². The molecular weight excluding hydrogens is 378 g/mol. The number of ether oxygens (including phenoxy) is 2. The lowest BCUT2D eigenvalue weighted by atomic mass is 9.94. The van der Waals surface area contributed by atoms with Gasteiger partial charge in [-0.15, -0.1) is 0 Å². The first-order valence-corrected chi connectivity index (χ1v) is 9.85. The standard InChI is InChI=1S/C20H27N3O6/c1-3-8-21-20(27)22-12-4-7-16-14(9-12)19(26)23(2)15-6-5-13(10-18(24)25)29-17(15)11-28-16/h4,7,9,13,15,17H,3,5-6,8,10-11H2,1-2H3,(H,24,25)(H2,21,22,27)/t13-,15-,17-/m0/s1. The highest BCUT2D eigenvalue weighted by atomic mass is 16.5. The topological polar surface area (TPSA) is 117 Å². The summed E-state index contributed by atoms with van der Waals surface area (Å²) in [6.07, 6.45) is 1.19. The van der Waals surface area contributed by atoms with Crippen molar-refractivity contribution in [3.05, 3.63) is 23.8 Å². The van der Waals surface area contributed by atoms with E-state index in [1.54, 1.807) is 30.1 Å². The molecule has 0 aliphatic carbocycles. The van der Waals surface area contributed by atoms with E-state index in [1.807, 2.05) is 6.92 Å². The lowest BCUT2D eigenvalue weighted by molar-refractivity contribution is -0.148. The molecule has 1 aromatic rings. The maximum Gasteiger partial charge on any atom is 0.319 e. The zero-order valence-electron chi connectivity index (χ0n) is 16.6. The van der Waals surface area contributed by atoms with Gasteiger partial charge in [0.2, 0.25) is 0 Å². The molecule has 9 nitrogen and oxygen atoms in total. The molecule has 3 N–H and O–H groups in total. The maximum atomic E-state index is 13.1. The third-order valence-corrected chi connectivity index (χ3v) is 5.21. The summed E-state index contributed by atoms with van der Waals surface area (Å²) in [4.78, 5) is 37.6. The normalized spacial score (nSPS) is 23.7. The van der Waals surface area contributed by atoms with Gasteiger partial charge in [0.05, 0.1) is 24.1 Å². The first-order chi connectivity index (χ1) is 13.9. The highest BCUT2D eigenvalue weighted by Gasteiger charge is 2.39. The SMILES string of the molecule is CCCNC(=O)Nc1ccc2c(c1)C(=O)N(C)[C@H]1CC[C@@H](CC(=O)O)O[C@H]1CO2. The molecule has 0 radical (unpaired) electrons. The second-order valence-corrected chi connectivity index (χ2v) is 7.36. The molecule has 3 atom stereocenters. The van der Waals surface area contributed by atoms with E-state index < -0.39 is 12.1 Å². The molecule has 1 aromatic carbocycles. The molecule has 0 bridgehead atoms. The van der Waals surface area contributed by atoms with Crippen LogP contribution in [0, 0.1) is 0 Å². The van der Waals surface area contributed by atoms with Gasteiger partial charge in [0, 0.05) is 19.3 Å². The monoisotopic (exact) mass is 405 g/mol. The van der Waals surface area contributed by atoms with Crippen molar-refractivity contribution >= 4 is 23.6 Å². The molecule has 0 unspecified atom stereocenters. The van der Waals surface area contributed by atoms with Gasteiger partial charge in [0.1, 0.15) is 18.5 Å². The third kappa shape index (κ3) is 4.97. The molecule has 0 spiro atoms. The fraction of sp³-hybridized carbons (Fsp3) is 0.550. The van der Waals surface area contributed by atoms with E-state index in [-0.39, 0.29) is 37.1 Å². The number of nitrogens with zero attached hydrogens (tertiary/aromatic N) is 1. The predicted molar refractivity (Wildman–Crippen MR) is 105 cm³/mol. The predicted octanol–water partition coefficient (Wildman–Crippen LogP) is 2.07. The van der Waals surface area contributed by atoms with Crippen molar-refractivity contribution in [2.75, 3.05) is 25.5 Å². The van der Waals surface area contributed by atoms with Gasteiger partial charge in [-0.2, -0.15) is 0 Å². The molecule has 3 amide bonds. The van der Waals surface area contributed by atoms with Crippen molar-refractivity contribution in [2.24, 2.45) is 0 Å². The summed E-state index contributed by atoms with van der Waals surface area (Å²) in [6, 6.07) is 4.39. The minimum atomic E-state index is -0.905. The Hall–Kier alpha value is -2.81. The number of hydrogen-bond donors (Lipinski definition) is 3. The van der Waals surface area contributed by atoms with Crippen LogP contribution in [0.3, 0.4) is 0 Å². The van der Waals surface area contributed by atoms with Crippen LogP contribution >= 0.6 is 0 Å². The average Bonchev–Trinajstić information content (AvgIpc) is 2.69. The number of anilines is 1. The van der Waals surface area contributed by atoms with Gasteiger partial charge in [-0.05, 0) is 37.5 Å². The number of benzene rings is 1. The van der Waals surface area contributed by atoms with Gasteiger partial charge >= 0.3 is 12.0 Å². The van der Waals surface area contributed by atoms with E-state index in [0.29, 0.717) is 36.4 Å². The second kappa shape index (κ2) is 9.13. The Morgan fingerprint density at radius 3 is 2.83 bits per heavy atom. The zero-order valence-corrected chi connectivity index (χ0v) is 16.6. The molecule has 2 aliphatic heterocycles. The van der Waals surface area contributed by atoms with Crippen LogP contribution < -0.4 is 15.4 Å². The molecular formula is C20H27N3O6. The van der Waals surface area contributed by atoms with Crippen molar-refractivity contribution in [1.82, 2.24) is 10.2 Å². The molecule has 0 saturated carbocycles. The third-order valence-electron chi connectivity index (χ3n) is 5.21. The molecule has 9 heteroatoms. The minimum Gasteiger partial charge on any atom is -0.490 e. The average molecular weight is 405 g/mol. The van der Waals surface area contributed by atoms with Crippen LogP contribution in [0.15, 0.2) is 18.2 Å². The van der Waals surface area contributed by atoms with Crippen LogP contribution in [0.5, 0.6) is 5.75 Å². The summed E-state index contributed by atoms with van der Waals surface area (Å²) in [5.74, 6) is -0.727. The molecule has 29 heavy (non-hydrogen) atoms. The second-order valence-electron chi connectivity index (χ2n) is 7.36. The highest BCUT2D eigenvalue weighted by molar-refractivity contribution is 5.99. The Morgan fingerprint density at radius 1 is 1.31 bits per heavy atom. The largest absolute Gasteiger partial charge is 0.490 e. The van der Waals surface area contributed by atoms with Gasteiger partial charge in [-0.1, -0.05) is 6.92 Å². The van der Waals surface area contributed by atoms with Gasteiger partial charge in [0.25, 0.3) is 5.91 Å². The molecule has 158 valence electrons. The molecule has 1 fully saturated rings. The summed E-state index contributed by atoms with van der Waals surface area (Å²) in [5.41, 5.74) is 0.869. The lowest BCUT2D eigenvalue weighted by Gasteiger charge is -2.42. The maximum absolute atomic E-state index is 13.1. The number of carbonyl (C=O) groups excluding carboxylic acids is 2. The number of fused-ring (bicyclic) bond motifs is 2. The molecule has 2 aliphatic rings. The number of likely N-dealkylation sites (N-methyl/N-ethyl adjacent to an activating group) is 1. The summed E-state index contributed by atoms with van der Waals surface area (Å²) < 4.78 is 11.8. The number of urea groups is 1. The van der Waals surface area contributed by atoms with E-state index in [4.69, 9.17) is 14.6 Å². The molecule has 3 rings (SSSR count). The van der Waals surface area contributed by atoms with Gasteiger partial charge in [0.15, 0.2) is 0 Å². The first kappa shape index (κ1) is 20.9. The number of nitrogens with one attached hydrogen (secondary N) is 2. The number of carboxylic acids is 1. The highest BCUT2D eigenvalue weighted by Crippen LogP contribution is 2.32. The van der Waals surface area contributed by atoms with Gasteiger partial charge < -0.3 is 30.1 Å². The summed E-state index contributed by atoms with van der Waals surface area (Å²) in [5, 5.41) is 14.5. The van der Waals surface area contributed by atoms with Crippen LogP contribution in [0.1, 0.15) is 43.0 Å². The lowest BCUT2D eigenvalue weighted by Crippen LogP contribution is -2.53. The summed E-state index contributed by atoms with van der Waals surface area (Å²) in [7, 11) is 1.71. The van der Waals surface area contributed by atoms with E-state index in [2.05, 4.69) is 10.6 Å². The zero-order chi connectivity index (χ0) is 21.0. The number of rotatable bonds is 5. The Morgan fingerprint density at radius 2 is 2.10 bits per heavy atom. The Bertz CT molecular complexity index is 783. The minimum absolute atomic E-state index is 0.0629. The summed E-state index contributed by atoms with van der Waals surface area (Å²) >= 11 is 0. The van der Waals surface area contributed by atoms with Crippen LogP contribution in [-0.2, 0) is 9.53 Å². The van der Waals surface area contributed by atoms with Crippen LogP contribution in [0.2, 0.25) is 0 Å². The van der Waals surface area contributed by atoms with Gasteiger partial charge in [-0.25, -0.2) is 4.79 Å². The number of hydrogen-bond acceptors (Lipinski definition) is 5. The number of amides is 3. The smallest absolute Gasteiger partial charge is 0.319 e. The molecule has 1 saturated heterocycles. The fourth-order valence-corrected chi connectivity index (χ4v) is 3.71. The van der Waals surface area contributed by atoms with Crippen molar-refractivity contribution in [3.63, 3.8) is 0 Å². The van der Waals surface area contributed by atoms with E-state index in [0.717, 1.165) is 6.42 Å². The fourth-order valence-electron chi connectivity index (χ4n) is 3.71. The van der Waals surface area contributed by atoms with Crippen molar-refractivity contribution in [2.45, 2.75) is 50.9 Å². The van der Waals surface area contributed by atoms with E-state index in [9.17, 15) is 14.4 Å². The van der Waals surface area contributed by atoms with Crippen molar-refractivity contribution in [3.8, 4) is 5.75 Å². The Balaban J connectivity index is 1.77. The number of carbonyl (C=O) groups is 3. The Kier molecular flexibility index (Phi) is 6.58. The van der Waals surface area contributed by atoms with Crippen molar-refractivity contribution < 1.29 is 29.0 Å². The van der Waals surface area contributed by atoms with Crippen LogP contribution in [0.25, 0.3) is 0 Å². The number of carboxylic acid groups (broad SMARTS) is 1. The van der Waals surface area contributed by atoms with Crippen LogP contribution in [0.4, 0.5) is 10.5 Å². The van der Waals surface area contributed by atoms with E-state index >= 15 is 0 Å². The number of aliphatic carboxylic acids is 1. The molecule has 0 aromatic heterocycles. The van der Waals surface area contributed by atoms with Crippen LogP contribution in [-0.4, -0.2) is 66.4 Å². The first-order valence-electron chi connectivity index (χ1n) is 9.85. The molecule has 2 heterocycles. The quantitative estimate of drug-likeness (QED) is 0.690. The van der Waals surface area contributed by atoms with Gasteiger partial charge in [-0.3, -0.25) is 9.59 Å². The Labute approximate surface area is 169 Å². The van der Waals surface area contributed by atoms with E-state index in [1.165, 1.54) is 0 Å². The summed E-state index contributed by atoms with van der Waals surface area (Å²) in [6.45, 7) is 2.74.